The van der Waals surface area contributed by atoms with Gasteiger partial charge in [-0.2, -0.15) is 13.2 Å². The number of alkyl halides is 3. The molecule has 0 saturated carbocycles. The van der Waals surface area contributed by atoms with Crippen LogP contribution in [0, 0.1) is 0 Å². The van der Waals surface area contributed by atoms with Gasteiger partial charge in [-0.05, 0) is 18.2 Å². The van der Waals surface area contributed by atoms with Gasteiger partial charge in [-0.3, -0.25) is 0 Å². The number of benzene rings is 1. The van der Waals surface area contributed by atoms with Gasteiger partial charge in [0.2, 0.25) is 0 Å². The monoisotopic (exact) mass is 286 g/mol. The number of imidazole rings is 1. The highest BCUT2D eigenvalue weighted by molar-refractivity contribution is 5.86. The number of aromatic amines is 1. The summed E-state index contributed by atoms with van der Waals surface area (Å²) in [6.45, 7) is -0.219. The Morgan fingerprint density at radius 3 is 2.80 bits per heavy atom. The van der Waals surface area contributed by atoms with Crippen LogP contribution in [0.4, 0.5) is 13.2 Å². The van der Waals surface area contributed by atoms with Crippen molar-refractivity contribution in [2.75, 3.05) is 0 Å². The molecule has 0 radical (unpaired) electrons. The summed E-state index contributed by atoms with van der Waals surface area (Å²) >= 11 is 0. The number of ether oxygens (including phenoxy) is 1. The fraction of sp³-hybridized carbons (Fsp3) is 0.167. The van der Waals surface area contributed by atoms with E-state index in [0.29, 0.717) is 0 Å². The van der Waals surface area contributed by atoms with Crippen molar-refractivity contribution in [3.8, 4) is 5.75 Å². The lowest BCUT2D eigenvalue weighted by Gasteiger charge is -2.09. The number of halogens is 3. The van der Waals surface area contributed by atoms with Gasteiger partial charge in [0, 0.05) is 0 Å². The molecule has 106 valence electrons. The van der Waals surface area contributed by atoms with Crippen LogP contribution in [0.5, 0.6) is 5.75 Å². The van der Waals surface area contributed by atoms with E-state index in [1.807, 2.05) is 0 Å². The van der Waals surface area contributed by atoms with Crippen LogP contribution in [0.3, 0.4) is 0 Å². The summed E-state index contributed by atoms with van der Waals surface area (Å²) in [7, 11) is 0. The van der Waals surface area contributed by atoms with Gasteiger partial charge in [-0.15, -0.1) is 0 Å². The van der Waals surface area contributed by atoms with Crippen molar-refractivity contribution in [3.63, 3.8) is 0 Å². The Balaban J connectivity index is 2.11. The predicted octanol–water partition coefficient (Wildman–Crippen LogP) is 2.71. The molecule has 0 aliphatic rings. The first-order valence-corrected chi connectivity index (χ1v) is 5.43. The first-order chi connectivity index (χ1) is 9.38. The van der Waals surface area contributed by atoms with Gasteiger partial charge < -0.3 is 14.8 Å². The molecule has 20 heavy (non-hydrogen) atoms. The lowest BCUT2D eigenvalue weighted by atomic mass is 10.2. The summed E-state index contributed by atoms with van der Waals surface area (Å²) in [6.07, 6.45) is -3.28. The lowest BCUT2D eigenvalue weighted by Crippen LogP contribution is -2.07. The second-order valence-corrected chi connectivity index (χ2v) is 3.85. The highest BCUT2D eigenvalue weighted by Crippen LogP contribution is 2.31. The smallest absolute Gasteiger partial charge is 0.416 e. The zero-order valence-electron chi connectivity index (χ0n) is 9.94. The van der Waals surface area contributed by atoms with E-state index in [2.05, 4.69) is 9.97 Å². The number of aromatic carboxylic acids is 1. The molecule has 0 saturated heterocycles. The number of nitrogens with one attached hydrogen (secondary N) is 1. The van der Waals surface area contributed by atoms with Crippen molar-refractivity contribution in [2.24, 2.45) is 0 Å². The molecule has 8 heteroatoms. The van der Waals surface area contributed by atoms with Crippen LogP contribution in [0.25, 0.3) is 0 Å². The molecule has 1 heterocycles. The number of hydrogen-bond acceptors (Lipinski definition) is 3. The SMILES string of the molecule is O=C(O)c1nc[nH]c1COc1cccc(C(F)(F)F)c1. The van der Waals surface area contributed by atoms with Gasteiger partial charge in [0.15, 0.2) is 5.69 Å². The summed E-state index contributed by atoms with van der Waals surface area (Å²) in [5, 5.41) is 8.82. The van der Waals surface area contributed by atoms with Crippen LogP contribution in [-0.2, 0) is 12.8 Å². The van der Waals surface area contributed by atoms with Gasteiger partial charge in [0.05, 0.1) is 17.6 Å². The van der Waals surface area contributed by atoms with Gasteiger partial charge >= 0.3 is 12.1 Å². The molecule has 0 atom stereocenters. The fourth-order valence-corrected chi connectivity index (χ4v) is 1.53. The minimum atomic E-state index is -4.46. The number of hydrogen-bond donors (Lipinski definition) is 2. The first-order valence-electron chi connectivity index (χ1n) is 5.43. The van der Waals surface area contributed by atoms with Gasteiger partial charge in [-0.25, -0.2) is 9.78 Å². The minimum Gasteiger partial charge on any atom is -0.487 e. The number of carboxylic acids is 1. The van der Waals surface area contributed by atoms with E-state index in [1.165, 1.54) is 18.5 Å². The highest BCUT2D eigenvalue weighted by Gasteiger charge is 2.30. The Hall–Kier alpha value is -2.51. The van der Waals surface area contributed by atoms with E-state index in [0.717, 1.165) is 12.1 Å². The van der Waals surface area contributed by atoms with Gasteiger partial charge in [0.1, 0.15) is 12.4 Å². The van der Waals surface area contributed by atoms with Crippen molar-refractivity contribution in [1.82, 2.24) is 9.97 Å². The van der Waals surface area contributed by atoms with Gasteiger partial charge in [-0.1, -0.05) is 6.07 Å². The number of H-pyrrole nitrogens is 1. The molecule has 1 aromatic heterocycles. The maximum atomic E-state index is 12.5. The summed E-state index contributed by atoms with van der Waals surface area (Å²) in [5.41, 5.74) is -0.884. The first kappa shape index (κ1) is 13.9. The Kier molecular flexibility index (Phi) is 3.64. The number of carbonyl (C=O) groups is 1. The van der Waals surface area contributed by atoms with E-state index in [1.54, 1.807) is 0 Å². The molecule has 0 aliphatic heterocycles. The van der Waals surface area contributed by atoms with Crippen molar-refractivity contribution >= 4 is 5.97 Å². The molecule has 0 unspecified atom stereocenters. The third-order valence-electron chi connectivity index (χ3n) is 2.47. The fourth-order valence-electron chi connectivity index (χ4n) is 1.53. The molecular formula is C12H9F3N2O3. The second-order valence-electron chi connectivity index (χ2n) is 3.85. The second kappa shape index (κ2) is 5.24. The summed E-state index contributed by atoms with van der Waals surface area (Å²) in [6, 6.07) is 4.33. The standard InChI is InChI=1S/C12H9F3N2O3/c13-12(14,15)7-2-1-3-8(4-7)20-5-9-10(11(18)19)17-6-16-9/h1-4,6H,5H2,(H,16,17)(H,18,19). The average Bonchev–Trinajstić information content (AvgIpc) is 2.84. The van der Waals surface area contributed by atoms with E-state index >= 15 is 0 Å². The van der Waals surface area contributed by atoms with Crippen molar-refractivity contribution in [3.05, 3.63) is 47.5 Å². The summed E-state index contributed by atoms with van der Waals surface area (Å²) in [5.74, 6) is -1.25. The normalized spacial score (nSPS) is 11.3. The van der Waals surface area contributed by atoms with E-state index < -0.39 is 17.7 Å². The molecule has 0 amide bonds. The maximum Gasteiger partial charge on any atom is 0.416 e. The lowest BCUT2D eigenvalue weighted by molar-refractivity contribution is -0.137. The zero-order valence-corrected chi connectivity index (χ0v) is 9.94. The molecule has 2 N–H and O–H groups in total. The maximum absolute atomic E-state index is 12.5. The van der Waals surface area contributed by atoms with Crippen LogP contribution in [-0.4, -0.2) is 21.0 Å². The highest BCUT2D eigenvalue weighted by atomic mass is 19.4. The van der Waals surface area contributed by atoms with E-state index in [-0.39, 0.29) is 23.7 Å². The number of rotatable bonds is 4. The quantitative estimate of drug-likeness (QED) is 0.906. The van der Waals surface area contributed by atoms with Crippen molar-refractivity contribution in [2.45, 2.75) is 12.8 Å². The Labute approximate surface area is 111 Å². The Morgan fingerprint density at radius 2 is 2.15 bits per heavy atom. The molecule has 0 aliphatic carbocycles. The minimum absolute atomic E-state index is 0.00855. The van der Waals surface area contributed by atoms with Crippen LogP contribution < -0.4 is 4.74 Å². The summed E-state index contributed by atoms with van der Waals surface area (Å²) < 4.78 is 42.6. The number of aromatic nitrogens is 2. The van der Waals surface area contributed by atoms with Crippen LogP contribution in [0.2, 0.25) is 0 Å². The molecule has 0 spiro atoms. The van der Waals surface area contributed by atoms with Crippen LogP contribution in [0.15, 0.2) is 30.6 Å². The Bertz CT molecular complexity index is 622. The zero-order chi connectivity index (χ0) is 14.8. The molecule has 2 rings (SSSR count). The molecule has 2 aromatic rings. The van der Waals surface area contributed by atoms with E-state index in [4.69, 9.17) is 9.84 Å². The molecule has 0 bridgehead atoms. The van der Waals surface area contributed by atoms with E-state index in [9.17, 15) is 18.0 Å². The van der Waals surface area contributed by atoms with Gasteiger partial charge in [0.25, 0.3) is 0 Å². The van der Waals surface area contributed by atoms with Crippen LogP contribution in [0.1, 0.15) is 21.7 Å². The van der Waals surface area contributed by atoms with Crippen molar-refractivity contribution in [1.29, 1.82) is 0 Å². The molecule has 5 nitrogen and oxygen atoms in total. The molecule has 1 aromatic carbocycles. The van der Waals surface area contributed by atoms with Crippen LogP contribution >= 0.6 is 0 Å². The topological polar surface area (TPSA) is 75.2 Å². The number of carboxylic acid groups (broad SMARTS) is 1. The Morgan fingerprint density at radius 1 is 1.40 bits per heavy atom. The molecular weight excluding hydrogens is 277 g/mol. The molecule has 0 fully saturated rings. The third kappa shape index (κ3) is 3.08. The predicted molar refractivity (Wildman–Crippen MR) is 61.3 cm³/mol. The average molecular weight is 286 g/mol. The summed E-state index contributed by atoms with van der Waals surface area (Å²) in [4.78, 5) is 16.9. The van der Waals surface area contributed by atoms with Crippen molar-refractivity contribution < 1.29 is 27.8 Å². The largest absolute Gasteiger partial charge is 0.487 e. The third-order valence-corrected chi connectivity index (χ3v) is 2.47. The number of nitrogens with zero attached hydrogens (tertiary/aromatic N) is 1.